The molecule has 0 bridgehead atoms. The van der Waals surface area contributed by atoms with Crippen molar-refractivity contribution in [1.82, 2.24) is 4.31 Å². The molecule has 2 heterocycles. The maximum absolute atomic E-state index is 12.6. The maximum Gasteiger partial charge on any atom is 0.252 e. The van der Waals surface area contributed by atoms with Crippen LogP contribution in [0.25, 0.3) is 0 Å². The quantitative estimate of drug-likeness (QED) is 0.921. The van der Waals surface area contributed by atoms with E-state index in [9.17, 15) is 8.42 Å². The molecule has 0 amide bonds. The zero-order chi connectivity index (χ0) is 13.2. The van der Waals surface area contributed by atoms with Crippen molar-refractivity contribution in [3.63, 3.8) is 0 Å². The van der Waals surface area contributed by atoms with Gasteiger partial charge in [0, 0.05) is 17.5 Å². The molecule has 102 valence electrons. The summed E-state index contributed by atoms with van der Waals surface area (Å²) < 4.78 is 27.3. The summed E-state index contributed by atoms with van der Waals surface area (Å²) in [6.07, 6.45) is 3.73. The van der Waals surface area contributed by atoms with Gasteiger partial charge >= 0.3 is 0 Å². The molecule has 0 aliphatic carbocycles. The van der Waals surface area contributed by atoms with Gasteiger partial charge in [0.15, 0.2) is 0 Å². The zero-order valence-electron chi connectivity index (χ0n) is 10.6. The second-order valence-electron chi connectivity index (χ2n) is 4.71. The Kier molecular flexibility index (Phi) is 4.42. The standard InChI is InChI=1S/C12H20N2O2S2/c1-10-5-6-12(17-10)18(15,16)14-9-3-2-4-11(14)7-8-13/h5-6,11H,2-4,7-9,13H2,1H3. The van der Waals surface area contributed by atoms with Crippen molar-refractivity contribution in [2.75, 3.05) is 13.1 Å². The average Bonchev–Trinajstić information content (AvgIpc) is 2.78. The predicted molar refractivity (Wildman–Crippen MR) is 74.3 cm³/mol. The highest BCUT2D eigenvalue weighted by Crippen LogP contribution is 2.30. The average molecular weight is 288 g/mol. The number of nitrogens with two attached hydrogens (primary N) is 1. The molecule has 1 saturated heterocycles. The minimum Gasteiger partial charge on any atom is -0.330 e. The van der Waals surface area contributed by atoms with Crippen LogP contribution in [0.2, 0.25) is 0 Å². The van der Waals surface area contributed by atoms with Gasteiger partial charge < -0.3 is 5.73 Å². The SMILES string of the molecule is Cc1ccc(S(=O)(=O)N2CCCCC2CCN)s1. The monoisotopic (exact) mass is 288 g/mol. The Morgan fingerprint density at radius 3 is 2.83 bits per heavy atom. The van der Waals surface area contributed by atoms with Crippen LogP contribution in [0.15, 0.2) is 16.3 Å². The third kappa shape index (κ3) is 2.77. The van der Waals surface area contributed by atoms with Gasteiger partial charge in [0.1, 0.15) is 4.21 Å². The summed E-state index contributed by atoms with van der Waals surface area (Å²) in [5.74, 6) is 0. The van der Waals surface area contributed by atoms with E-state index in [0.717, 1.165) is 30.6 Å². The third-order valence-corrected chi connectivity index (χ3v) is 6.77. The minimum absolute atomic E-state index is 0.0798. The molecule has 4 nitrogen and oxygen atoms in total. The highest BCUT2D eigenvalue weighted by atomic mass is 32.2. The van der Waals surface area contributed by atoms with Crippen LogP contribution in [0.3, 0.4) is 0 Å². The Labute approximate surface area is 113 Å². The fourth-order valence-corrected chi connectivity index (χ4v) is 5.57. The van der Waals surface area contributed by atoms with Crippen molar-refractivity contribution < 1.29 is 8.42 Å². The molecule has 6 heteroatoms. The fourth-order valence-electron chi connectivity index (χ4n) is 2.44. The topological polar surface area (TPSA) is 63.4 Å². The summed E-state index contributed by atoms with van der Waals surface area (Å²) in [4.78, 5) is 1.03. The summed E-state index contributed by atoms with van der Waals surface area (Å²) in [5, 5.41) is 0. The lowest BCUT2D eigenvalue weighted by molar-refractivity contribution is 0.243. The van der Waals surface area contributed by atoms with E-state index in [-0.39, 0.29) is 6.04 Å². The minimum atomic E-state index is -3.32. The number of sulfonamides is 1. The first-order valence-corrected chi connectivity index (χ1v) is 8.59. The van der Waals surface area contributed by atoms with Crippen LogP contribution in [-0.2, 0) is 10.0 Å². The summed E-state index contributed by atoms with van der Waals surface area (Å²) in [6.45, 7) is 3.10. The molecule has 18 heavy (non-hydrogen) atoms. The van der Waals surface area contributed by atoms with Gasteiger partial charge in [-0.05, 0) is 44.9 Å². The largest absolute Gasteiger partial charge is 0.330 e. The van der Waals surface area contributed by atoms with E-state index in [1.165, 1.54) is 11.3 Å². The van der Waals surface area contributed by atoms with Crippen molar-refractivity contribution in [3.8, 4) is 0 Å². The molecule has 1 aromatic rings. The molecule has 1 unspecified atom stereocenters. The van der Waals surface area contributed by atoms with Gasteiger partial charge in [-0.3, -0.25) is 0 Å². The molecule has 1 aliphatic rings. The molecule has 1 atom stereocenters. The van der Waals surface area contributed by atoms with Crippen LogP contribution < -0.4 is 5.73 Å². The van der Waals surface area contributed by atoms with Crippen molar-refractivity contribution in [2.45, 2.75) is 42.9 Å². The van der Waals surface area contributed by atoms with E-state index < -0.39 is 10.0 Å². The molecular formula is C12H20N2O2S2. The molecule has 0 aromatic carbocycles. The first kappa shape index (κ1) is 14.0. The predicted octanol–water partition coefficient (Wildman–Crippen LogP) is 1.95. The zero-order valence-corrected chi connectivity index (χ0v) is 12.3. The number of hydrogen-bond donors (Lipinski definition) is 1. The smallest absolute Gasteiger partial charge is 0.252 e. The number of piperidine rings is 1. The van der Waals surface area contributed by atoms with Crippen molar-refractivity contribution in [1.29, 1.82) is 0 Å². The van der Waals surface area contributed by atoms with Gasteiger partial charge in [0.2, 0.25) is 0 Å². The summed E-state index contributed by atoms with van der Waals surface area (Å²) in [5.41, 5.74) is 5.59. The second-order valence-corrected chi connectivity index (χ2v) is 8.11. The molecule has 1 aromatic heterocycles. The van der Waals surface area contributed by atoms with Gasteiger partial charge in [-0.25, -0.2) is 8.42 Å². The molecule has 1 aliphatic heterocycles. The first-order chi connectivity index (χ1) is 8.55. The lowest BCUT2D eigenvalue weighted by Gasteiger charge is -2.34. The van der Waals surface area contributed by atoms with E-state index >= 15 is 0 Å². The number of rotatable bonds is 4. The van der Waals surface area contributed by atoms with Crippen LogP contribution in [0.1, 0.15) is 30.6 Å². The van der Waals surface area contributed by atoms with Crippen LogP contribution >= 0.6 is 11.3 Å². The Morgan fingerprint density at radius 2 is 2.22 bits per heavy atom. The molecule has 1 fully saturated rings. The molecule has 0 spiro atoms. The first-order valence-electron chi connectivity index (χ1n) is 6.34. The normalized spacial score (nSPS) is 22.2. The lowest BCUT2D eigenvalue weighted by Crippen LogP contribution is -2.44. The molecule has 2 rings (SSSR count). The highest BCUT2D eigenvalue weighted by molar-refractivity contribution is 7.91. The Balaban J connectivity index is 2.27. The Bertz CT molecular complexity index is 494. The number of hydrogen-bond acceptors (Lipinski definition) is 4. The van der Waals surface area contributed by atoms with Crippen molar-refractivity contribution in [3.05, 3.63) is 17.0 Å². The molecule has 2 N–H and O–H groups in total. The van der Waals surface area contributed by atoms with Crippen LogP contribution in [0.4, 0.5) is 0 Å². The van der Waals surface area contributed by atoms with Crippen LogP contribution in [0, 0.1) is 6.92 Å². The van der Waals surface area contributed by atoms with E-state index in [1.54, 1.807) is 10.4 Å². The number of aryl methyl sites for hydroxylation is 1. The summed E-state index contributed by atoms with van der Waals surface area (Å²) in [6, 6.07) is 3.65. The fraction of sp³-hybridized carbons (Fsp3) is 0.667. The van der Waals surface area contributed by atoms with Crippen LogP contribution in [-0.4, -0.2) is 31.9 Å². The van der Waals surface area contributed by atoms with Crippen LogP contribution in [0.5, 0.6) is 0 Å². The molecule has 0 radical (unpaired) electrons. The number of thiophene rings is 1. The Hall–Kier alpha value is -0.430. The van der Waals surface area contributed by atoms with Gasteiger partial charge in [0.25, 0.3) is 10.0 Å². The molecule has 0 saturated carbocycles. The van der Waals surface area contributed by atoms with E-state index in [0.29, 0.717) is 17.3 Å². The van der Waals surface area contributed by atoms with E-state index in [2.05, 4.69) is 0 Å². The molecular weight excluding hydrogens is 268 g/mol. The van der Waals surface area contributed by atoms with Crippen molar-refractivity contribution in [2.24, 2.45) is 5.73 Å². The maximum atomic E-state index is 12.6. The number of nitrogens with zero attached hydrogens (tertiary/aromatic N) is 1. The Morgan fingerprint density at radius 1 is 1.44 bits per heavy atom. The third-order valence-electron chi connectivity index (χ3n) is 3.35. The summed E-state index contributed by atoms with van der Waals surface area (Å²) >= 11 is 1.35. The van der Waals surface area contributed by atoms with E-state index in [4.69, 9.17) is 5.73 Å². The van der Waals surface area contributed by atoms with Gasteiger partial charge in [-0.1, -0.05) is 6.42 Å². The highest BCUT2D eigenvalue weighted by Gasteiger charge is 2.33. The van der Waals surface area contributed by atoms with Gasteiger partial charge in [0.05, 0.1) is 0 Å². The van der Waals surface area contributed by atoms with Gasteiger partial charge in [-0.2, -0.15) is 4.31 Å². The lowest BCUT2D eigenvalue weighted by atomic mass is 10.0. The van der Waals surface area contributed by atoms with E-state index in [1.807, 2.05) is 13.0 Å². The summed E-state index contributed by atoms with van der Waals surface area (Å²) in [7, 11) is -3.32. The second kappa shape index (κ2) is 5.69. The van der Waals surface area contributed by atoms with Gasteiger partial charge in [-0.15, -0.1) is 11.3 Å². The van der Waals surface area contributed by atoms with Crippen molar-refractivity contribution >= 4 is 21.4 Å².